The Kier molecular flexibility index (Phi) is 8.45. The van der Waals surface area contributed by atoms with E-state index < -0.39 is 6.10 Å². The molecule has 33 heavy (non-hydrogen) atoms. The van der Waals surface area contributed by atoms with Crippen molar-refractivity contribution in [2.45, 2.75) is 56.6 Å². The molecule has 2 aromatic carbocycles. The van der Waals surface area contributed by atoms with Crippen LogP contribution in [0.15, 0.2) is 54.6 Å². The maximum Gasteiger partial charge on any atom is 0.222 e. The molecule has 2 fully saturated rings. The van der Waals surface area contributed by atoms with Crippen LogP contribution in [0.25, 0.3) is 0 Å². The lowest BCUT2D eigenvalue weighted by molar-refractivity contribution is -0.156. The van der Waals surface area contributed by atoms with Crippen LogP contribution in [0.4, 0.5) is 4.39 Å². The fraction of sp³-hybridized carbons (Fsp3) is 0.500. The number of halogens is 1. The third-order valence-corrected chi connectivity index (χ3v) is 6.43. The Morgan fingerprint density at radius 1 is 1.06 bits per heavy atom. The average molecular weight is 457 g/mol. The number of rotatable bonds is 7. The predicted octanol–water partition coefficient (Wildman–Crippen LogP) is 2.68. The standard InChI is InChI=1S/C26H33FN2O4/c27-21-8-6-20(7-9-21)15-28-26(31)14-23-10-11-24-25(33-23)18-32-17-22(30)16-29(24)13-12-19-4-2-1-3-5-19/h1-9,22-25,30H,10-18H2,(H,28,31)/t22-,23-,24-,25+/m1/s1. The van der Waals surface area contributed by atoms with E-state index in [1.165, 1.54) is 17.7 Å². The summed E-state index contributed by atoms with van der Waals surface area (Å²) in [6.07, 6.45) is 2.07. The van der Waals surface area contributed by atoms with Gasteiger partial charge < -0.3 is 19.9 Å². The number of carbonyl (C=O) groups is 1. The number of hydrogen-bond acceptors (Lipinski definition) is 5. The molecule has 4 rings (SSSR count). The molecule has 178 valence electrons. The normalized spacial score (nSPS) is 26.1. The Hall–Kier alpha value is -2.32. The molecule has 0 radical (unpaired) electrons. The number of aliphatic hydroxyl groups is 1. The summed E-state index contributed by atoms with van der Waals surface area (Å²) in [5, 5.41) is 13.2. The van der Waals surface area contributed by atoms with Crippen LogP contribution in [0.1, 0.15) is 30.4 Å². The minimum Gasteiger partial charge on any atom is -0.389 e. The molecular weight excluding hydrogens is 423 g/mol. The van der Waals surface area contributed by atoms with E-state index >= 15 is 0 Å². The van der Waals surface area contributed by atoms with Crippen molar-refractivity contribution in [3.63, 3.8) is 0 Å². The number of nitrogens with zero attached hydrogens (tertiary/aromatic N) is 1. The quantitative estimate of drug-likeness (QED) is 0.671. The number of β-amino-alcohol motifs (C(OH)–C–C–N with tert-alkyl or cyclic N) is 1. The molecule has 0 spiro atoms. The molecule has 6 nitrogen and oxygen atoms in total. The molecule has 2 N–H and O–H groups in total. The molecule has 0 saturated carbocycles. The highest BCUT2D eigenvalue weighted by atomic mass is 19.1. The van der Waals surface area contributed by atoms with Crippen LogP contribution in [0, 0.1) is 5.82 Å². The van der Waals surface area contributed by atoms with Gasteiger partial charge in [-0.25, -0.2) is 4.39 Å². The second-order valence-corrected chi connectivity index (χ2v) is 8.97. The van der Waals surface area contributed by atoms with E-state index in [4.69, 9.17) is 9.47 Å². The zero-order valence-corrected chi connectivity index (χ0v) is 18.9. The van der Waals surface area contributed by atoms with Crippen molar-refractivity contribution in [2.75, 3.05) is 26.3 Å². The summed E-state index contributed by atoms with van der Waals surface area (Å²) in [4.78, 5) is 14.8. The first kappa shape index (κ1) is 23.8. The van der Waals surface area contributed by atoms with Crippen molar-refractivity contribution in [1.29, 1.82) is 0 Å². The van der Waals surface area contributed by atoms with Crippen LogP contribution in [0.3, 0.4) is 0 Å². The van der Waals surface area contributed by atoms with E-state index in [0.29, 0.717) is 19.7 Å². The lowest BCUT2D eigenvalue weighted by atomic mass is 9.94. The van der Waals surface area contributed by atoms with Crippen LogP contribution in [0.2, 0.25) is 0 Å². The number of aliphatic hydroxyl groups excluding tert-OH is 1. The van der Waals surface area contributed by atoms with Gasteiger partial charge in [0.15, 0.2) is 0 Å². The van der Waals surface area contributed by atoms with E-state index in [2.05, 4.69) is 22.3 Å². The number of fused-ring (bicyclic) bond motifs is 1. The van der Waals surface area contributed by atoms with Gasteiger partial charge in [0.2, 0.25) is 5.91 Å². The van der Waals surface area contributed by atoms with Gasteiger partial charge in [0.05, 0.1) is 37.9 Å². The molecule has 0 aliphatic carbocycles. The first-order valence-corrected chi connectivity index (χ1v) is 11.8. The van der Waals surface area contributed by atoms with Gasteiger partial charge in [-0.05, 0) is 42.5 Å². The van der Waals surface area contributed by atoms with Crippen LogP contribution in [0.5, 0.6) is 0 Å². The minimum atomic E-state index is -0.517. The summed E-state index contributed by atoms with van der Waals surface area (Å²) in [6.45, 7) is 2.47. The lowest BCUT2D eigenvalue weighted by Gasteiger charge is -2.44. The first-order valence-electron chi connectivity index (χ1n) is 11.8. The summed E-state index contributed by atoms with van der Waals surface area (Å²) in [7, 11) is 0. The maximum atomic E-state index is 13.0. The highest BCUT2D eigenvalue weighted by molar-refractivity contribution is 5.76. The molecule has 2 aliphatic heterocycles. The van der Waals surface area contributed by atoms with Crippen LogP contribution < -0.4 is 5.32 Å². The first-order chi connectivity index (χ1) is 16.1. The largest absolute Gasteiger partial charge is 0.389 e. The average Bonchev–Trinajstić information content (AvgIpc) is 2.81. The Bertz CT molecular complexity index is 880. The smallest absolute Gasteiger partial charge is 0.222 e. The number of carbonyl (C=O) groups excluding carboxylic acids is 1. The molecule has 2 saturated heterocycles. The number of hydrogen-bond donors (Lipinski definition) is 2. The van der Waals surface area contributed by atoms with Gasteiger partial charge in [0, 0.05) is 25.7 Å². The van der Waals surface area contributed by atoms with E-state index in [1.807, 2.05) is 18.2 Å². The SMILES string of the molecule is O=C(C[C@H]1CC[C@@H]2[C@H](COC[C@H](O)CN2CCc2ccccc2)O1)NCc1ccc(F)cc1. The van der Waals surface area contributed by atoms with Gasteiger partial charge in [-0.15, -0.1) is 0 Å². The number of amides is 1. The summed E-state index contributed by atoms with van der Waals surface area (Å²) in [6, 6.07) is 16.6. The summed E-state index contributed by atoms with van der Waals surface area (Å²) >= 11 is 0. The molecule has 1 amide bonds. The fourth-order valence-corrected chi connectivity index (χ4v) is 4.70. The zero-order chi connectivity index (χ0) is 23.0. The van der Waals surface area contributed by atoms with Crippen molar-refractivity contribution in [2.24, 2.45) is 0 Å². The second-order valence-electron chi connectivity index (χ2n) is 8.97. The number of benzene rings is 2. The van der Waals surface area contributed by atoms with Gasteiger partial charge in [-0.1, -0.05) is 42.5 Å². The van der Waals surface area contributed by atoms with Gasteiger partial charge in [-0.3, -0.25) is 9.69 Å². The summed E-state index contributed by atoms with van der Waals surface area (Å²) < 4.78 is 25.1. The Morgan fingerprint density at radius 2 is 1.85 bits per heavy atom. The Morgan fingerprint density at radius 3 is 2.64 bits per heavy atom. The van der Waals surface area contributed by atoms with E-state index in [0.717, 1.165) is 31.4 Å². The molecule has 4 atom stereocenters. The zero-order valence-electron chi connectivity index (χ0n) is 18.9. The van der Waals surface area contributed by atoms with Crippen molar-refractivity contribution in [3.05, 3.63) is 71.5 Å². The van der Waals surface area contributed by atoms with Gasteiger partial charge in [0.1, 0.15) is 5.82 Å². The fourth-order valence-electron chi connectivity index (χ4n) is 4.70. The molecule has 7 heteroatoms. The van der Waals surface area contributed by atoms with Gasteiger partial charge in [0.25, 0.3) is 0 Å². The van der Waals surface area contributed by atoms with Gasteiger partial charge in [-0.2, -0.15) is 0 Å². The number of nitrogens with one attached hydrogen (secondary N) is 1. The molecular formula is C26H33FN2O4. The molecule has 0 aromatic heterocycles. The van der Waals surface area contributed by atoms with Crippen LogP contribution in [-0.2, 0) is 27.2 Å². The van der Waals surface area contributed by atoms with E-state index in [9.17, 15) is 14.3 Å². The Balaban J connectivity index is 1.30. The number of ether oxygens (including phenoxy) is 2. The van der Waals surface area contributed by atoms with Crippen LogP contribution in [-0.4, -0.2) is 66.6 Å². The van der Waals surface area contributed by atoms with Crippen molar-refractivity contribution in [1.82, 2.24) is 10.2 Å². The molecule has 2 heterocycles. The molecule has 2 aliphatic rings. The Labute approximate surface area is 194 Å². The topological polar surface area (TPSA) is 71.0 Å². The maximum absolute atomic E-state index is 13.0. The summed E-state index contributed by atoms with van der Waals surface area (Å²) in [5.41, 5.74) is 2.13. The van der Waals surface area contributed by atoms with Crippen molar-refractivity contribution >= 4 is 5.91 Å². The predicted molar refractivity (Wildman–Crippen MR) is 123 cm³/mol. The third kappa shape index (κ3) is 7.08. The molecule has 2 aromatic rings. The highest BCUT2D eigenvalue weighted by Gasteiger charge is 2.37. The van der Waals surface area contributed by atoms with Crippen molar-refractivity contribution < 1.29 is 23.8 Å². The third-order valence-electron chi connectivity index (χ3n) is 6.43. The van der Waals surface area contributed by atoms with E-state index in [1.54, 1.807) is 12.1 Å². The minimum absolute atomic E-state index is 0.0779. The van der Waals surface area contributed by atoms with E-state index in [-0.39, 0.29) is 43.0 Å². The lowest BCUT2D eigenvalue weighted by Crippen LogP contribution is -2.56. The summed E-state index contributed by atoms with van der Waals surface area (Å²) in [5.74, 6) is -0.368. The second kappa shape index (κ2) is 11.7. The highest BCUT2D eigenvalue weighted by Crippen LogP contribution is 2.28. The van der Waals surface area contributed by atoms with Gasteiger partial charge >= 0.3 is 0 Å². The van der Waals surface area contributed by atoms with Crippen LogP contribution >= 0.6 is 0 Å². The molecule has 0 bridgehead atoms. The van der Waals surface area contributed by atoms with Crippen molar-refractivity contribution in [3.8, 4) is 0 Å². The molecule has 0 unspecified atom stereocenters. The monoisotopic (exact) mass is 456 g/mol.